The third kappa shape index (κ3) is 14.0. The Balaban J connectivity index is 4.14. The number of ether oxygens (including phenoxy) is 2. The third-order valence-electron chi connectivity index (χ3n) is 3.70. The van der Waals surface area contributed by atoms with Crippen molar-refractivity contribution in [2.75, 3.05) is 13.2 Å². The van der Waals surface area contributed by atoms with Crippen molar-refractivity contribution < 1.29 is 29.0 Å². The Kier molecular flexibility index (Phi) is 14.0. The molecule has 0 aromatic carbocycles. The fourth-order valence-electron chi connectivity index (χ4n) is 2.15. The van der Waals surface area contributed by atoms with Gasteiger partial charge >= 0.3 is 17.9 Å². The van der Waals surface area contributed by atoms with Gasteiger partial charge in [-0.25, -0.2) is 0 Å². The summed E-state index contributed by atoms with van der Waals surface area (Å²) in [6.45, 7) is 4.31. The highest BCUT2D eigenvalue weighted by Crippen LogP contribution is 2.11. The summed E-state index contributed by atoms with van der Waals surface area (Å²) in [4.78, 5) is 34.0. The molecule has 0 atom stereocenters. The molecule has 0 aliphatic rings. The van der Waals surface area contributed by atoms with Crippen molar-refractivity contribution in [3.05, 3.63) is 0 Å². The molecule has 6 heteroatoms. The van der Waals surface area contributed by atoms with E-state index in [1.165, 1.54) is 0 Å². The molecule has 0 unspecified atom stereocenters. The van der Waals surface area contributed by atoms with Gasteiger partial charge in [-0.15, -0.1) is 0 Å². The molecule has 24 heavy (non-hydrogen) atoms. The number of aliphatic carboxylic acids is 1. The predicted octanol–water partition coefficient (Wildman–Crippen LogP) is 3.71. The summed E-state index contributed by atoms with van der Waals surface area (Å²) >= 11 is 0. The Morgan fingerprint density at radius 2 is 1.25 bits per heavy atom. The van der Waals surface area contributed by atoms with Crippen molar-refractivity contribution >= 4 is 17.9 Å². The number of hydrogen-bond donors (Lipinski definition) is 1. The minimum absolute atomic E-state index is 0.0363. The second-order valence-electron chi connectivity index (χ2n) is 6.08. The molecule has 0 aromatic rings. The van der Waals surface area contributed by atoms with Crippen LogP contribution >= 0.6 is 0 Å². The van der Waals surface area contributed by atoms with E-state index in [4.69, 9.17) is 14.6 Å². The number of carboxylic acid groups (broad SMARTS) is 1. The van der Waals surface area contributed by atoms with Gasteiger partial charge in [-0.05, 0) is 19.3 Å². The van der Waals surface area contributed by atoms with Crippen LogP contribution in [-0.2, 0) is 23.9 Å². The van der Waals surface area contributed by atoms with Crippen molar-refractivity contribution in [3.8, 4) is 0 Å². The minimum atomic E-state index is -0.913. The van der Waals surface area contributed by atoms with Gasteiger partial charge in [-0.2, -0.15) is 0 Å². The summed E-state index contributed by atoms with van der Waals surface area (Å²) < 4.78 is 10.4. The van der Waals surface area contributed by atoms with Crippen LogP contribution in [0.25, 0.3) is 0 Å². The molecule has 0 aliphatic heterocycles. The van der Waals surface area contributed by atoms with Gasteiger partial charge in [0.15, 0.2) is 0 Å². The van der Waals surface area contributed by atoms with Gasteiger partial charge < -0.3 is 14.6 Å². The molecule has 0 saturated heterocycles. The van der Waals surface area contributed by atoms with Gasteiger partial charge in [0.2, 0.25) is 0 Å². The molecule has 0 saturated carbocycles. The van der Waals surface area contributed by atoms with Crippen molar-refractivity contribution in [1.29, 1.82) is 0 Å². The van der Waals surface area contributed by atoms with Gasteiger partial charge in [0.25, 0.3) is 0 Å². The maximum Gasteiger partial charge on any atom is 0.305 e. The van der Waals surface area contributed by atoms with Gasteiger partial charge in [0.05, 0.1) is 13.2 Å². The maximum atomic E-state index is 11.6. The zero-order valence-corrected chi connectivity index (χ0v) is 15.1. The summed E-state index contributed by atoms with van der Waals surface area (Å²) in [6.07, 6.45) is 6.63. The zero-order chi connectivity index (χ0) is 18.2. The molecule has 0 bridgehead atoms. The quantitative estimate of drug-likeness (QED) is 0.360. The first kappa shape index (κ1) is 22.4. The number of unbranched alkanes of at least 4 members (excludes halogenated alkanes) is 4. The van der Waals surface area contributed by atoms with Crippen molar-refractivity contribution in [2.24, 2.45) is 5.92 Å². The minimum Gasteiger partial charge on any atom is -0.481 e. The third-order valence-corrected chi connectivity index (χ3v) is 3.70. The average Bonchev–Trinajstić information content (AvgIpc) is 2.54. The fourth-order valence-corrected chi connectivity index (χ4v) is 2.15. The topological polar surface area (TPSA) is 89.9 Å². The SMILES string of the molecule is CCCCCC(=O)OCC(CCC(=O)O)COC(=O)CCCCC. The van der Waals surface area contributed by atoms with Crippen LogP contribution in [0.3, 0.4) is 0 Å². The lowest BCUT2D eigenvalue weighted by molar-refractivity contribution is -0.149. The Morgan fingerprint density at radius 3 is 1.62 bits per heavy atom. The van der Waals surface area contributed by atoms with E-state index in [0.29, 0.717) is 19.3 Å². The standard InChI is InChI=1S/C18H32O6/c1-3-5-7-9-17(21)23-13-15(11-12-16(19)20)14-24-18(22)10-8-6-4-2/h15H,3-14H2,1-2H3,(H,19,20). The molecule has 0 amide bonds. The van der Waals surface area contributed by atoms with Crippen LogP contribution in [0.2, 0.25) is 0 Å². The summed E-state index contributed by atoms with van der Waals surface area (Å²) in [5, 5.41) is 8.79. The monoisotopic (exact) mass is 344 g/mol. The molecule has 0 spiro atoms. The lowest BCUT2D eigenvalue weighted by Crippen LogP contribution is -2.22. The van der Waals surface area contributed by atoms with Gasteiger partial charge in [-0.1, -0.05) is 39.5 Å². The van der Waals surface area contributed by atoms with Crippen LogP contribution in [0.4, 0.5) is 0 Å². The molecular formula is C18H32O6. The maximum absolute atomic E-state index is 11.6. The Hall–Kier alpha value is -1.59. The normalized spacial score (nSPS) is 10.6. The lowest BCUT2D eigenvalue weighted by Gasteiger charge is -2.16. The van der Waals surface area contributed by atoms with Crippen molar-refractivity contribution in [3.63, 3.8) is 0 Å². The number of hydrogen-bond acceptors (Lipinski definition) is 5. The molecule has 0 rings (SSSR count). The molecule has 0 aromatic heterocycles. The van der Waals surface area contributed by atoms with Crippen LogP contribution in [0.5, 0.6) is 0 Å². The Bertz CT molecular complexity index is 341. The number of rotatable bonds is 15. The van der Waals surface area contributed by atoms with Crippen LogP contribution in [0.1, 0.15) is 78.1 Å². The first-order valence-electron chi connectivity index (χ1n) is 9.02. The van der Waals surface area contributed by atoms with E-state index in [0.717, 1.165) is 38.5 Å². The van der Waals surface area contributed by atoms with Gasteiger partial charge in [0.1, 0.15) is 0 Å². The number of esters is 2. The summed E-state index contributed by atoms with van der Waals surface area (Å²) in [5.41, 5.74) is 0. The van der Waals surface area contributed by atoms with E-state index in [-0.39, 0.29) is 37.5 Å². The second kappa shape index (κ2) is 15.0. The van der Waals surface area contributed by atoms with E-state index < -0.39 is 5.97 Å². The molecule has 0 fully saturated rings. The van der Waals surface area contributed by atoms with Crippen LogP contribution in [0, 0.1) is 5.92 Å². The fraction of sp³-hybridized carbons (Fsp3) is 0.833. The highest BCUT2D eigenvalue weighted by Gasteiger charge is 2.16. The van der Waals surface area contributed by atoms with E-state index in [2.05, 4.69) is 13.8 Å². The molecule has 140 valence electrons. The molecular weight excluding hydrogens is 312 g/mol. The van der Waals surface area contributed by atoms with Gasteiger partial charge in [-0.3, -0.25) is 14.4 Å². The molecule has 6 nitrogen and oxygen atoms in total. The number of carbonyl (C=O) groups excluding carboxylic acids is 2. The first-order chi connectivity index (χ1) is 11.5. The van der Waals surface area contributed by atoms with Gasteiger partial charge in [0, 0.05) is 25.2 Å². The predicted molar refractivity (Wildman–Crippen MR) is 90.6 cm³/mol. The molecule has 0 radical (unpaired) electrons. The zero-order valence-electron chi connectivity index (χ0n) is 15.1. The Labute approximate surface area is 144 Å². The van der Waals surface area contributed by atoms with Crippen molar-refractivity contribution in [1.82, 2.24) is 0 Å². The van der Waals surface area contributed by atoms with E-state index in [1.807, 2.05) is 0 Å². The molecule has 1 N–H and O–H groups in total. The summed E-state index contributed by atoms with van der Waals surface area (Å²) in [6, 6.07) is 0. The molecule has 0 aliphatic carbocycles. The van der Waals surface area contributed by atoms with E-state index in [9.17, 15) is 14.4 Å². The highest BCUT2D eigenvalue weighted by molar-refractivity contribution is 5.70. The summed E-state index contributed by atoms with van der Waals surface area (Å²) in [5.74, 6) is -1.74. The largest absolute Gasteiger partial charge is 0.481 e. The second-order valence-corrected chi connectivity index (χ2v) is 6.08. The first-order valence-corrected chi connectivity index (χ1v) is 9.02. The number of carboxylic acids is 1. The van der Waals surface area contributed by atoms with Crippen LogP contribution < -0.4 is 0 Å². The Morgan fingerprint density at radius 1 is 0.792 bits per heavy atom. The molecule has 0 heterocycles. The summed E-state index contributed by atoms with van der Waals surface area (Å²) in [7, 11) is 0. The van der Waals surface area contributed by atoms with E-state index >= 15 is 0 Å². The number of carbonyl (C=O) groups is 3. The van der Waals surface area contributed by atoms with Crippen molar-refractivity contribution in [2.45, 2.75) is 78.1 Å². The lowest BCUT2D eigenvalue weighted by atomic mass is 10.1. The van der Waals surface area contributed by atoms with E-state index in [1.54, 1.807) is 0 Å². The van der Waals surface area contributed by atoms with Crippen LogP contribution in [0.15, 0.2) is 0 Å². The average molecular weight is 344 g/mol. The van der Waals surface area contributed by atoms with Crippen LogP contribution in [-0.4, -0.2) is 36.2 Å². The smallest absolute Gasteiger partial charge is 0.305 e. The highest BCUT2D eigenvalue weighted by atomic mass is 16.5.